The van der Waals surface area contributed by atoms with Crippen molar-refractivity contribution < 1.29 is 0 Å². The zero-order valence-corrected chi connectivity index (χ0v) is 30.8. The van der Waals surface area contributed by atoms with Crippen molar-refractivity contribution in [3.05, 3.63) is 194 Å². The van der Waals surface area contributed by atoms with Crippen molar-refractivity contribution in [3.63, 3.8) is 0 Å². The molecule has 0 unspecified atom stereocenters. The van der Waals surface area contributed by atoms with E-state index in [0.29, 0.717) is 0 Å². The Hall–Kier alpha value is -7.69. The molecule has 0 aliphatic carbocycles. The lowest BCUT2D eigenvalue weighted by Gasteiger charge is -2.14. The van der Waals surface area contributed by atoms with Gasteiger partial charge >= 0.3 is 0 Å². The maximum Gasteiger partial charge on any atom is 0.0724 e. The number of pyridine rings is 1. The van der Waals surface area contributed by atoms with Crippen LogP contribution in [0.25, 0.3) is 115 Å². The highest BCUT2D eigenvalue weighted by Crippen LogP contribution is 2.42. The smallest absolute Gasteiger partial charge is 0.0724 e. The topological polar surface area (TPSA) is 27.7 Å². The lowest BCUT2D eigenvalue weighted by molar-refractivity contribution is 1.16. The van der Waals surface area contributed by atoms with Gasteiger partial charge in [-0.25, -0.2) is 0 Å². The monoisotopic (exact) mass is 724 g/mol. The van der Waals surface area contributed by atoms with Crippen LogP contribution in [0.5, 0.6) is 0 Å². The molecule has 4 nitrogen and oxygen atoms in total. The summed E-state index contributed by atoms with van der Waals surface area (Å²) in [4.78, 5) is 4.54. The maximum absolute atomic E-state index is 4.54. The minimum absolute atomic E-state index is 1.10. The molecular formula is C53H32N4. The molecular weight excluding hydrogens is 693 g/mol. The zero-order valence-electron chi connectivity index (χ0n) is 30.8. The molecule has 0 aliphatic heterocycles. The summed E-state index contributed by atoms with van der Waals surface area (Å²) in [5.41, 5.74) is 10.5. The summed E-state index contributed by atoms with van der Waals surface area (Å²) in [6, 6.07) is 66.9. The number of hydrogen-bond donors (Lipinski definition) is 0. The summed E-state index contributed by atoms with van der Waals surface area (Å²) in [6.45, 7) is 0. The van der Waals surface area contributed by atoms with E-state index in [-0.39, 0.29) is 0 Å². The van der Waals surface area contributed by atoms with E-state index in [1.807, 2.05) is 12.4 Å². The van der Waals surface area contributed by atoms with Crippen molar-refractivity contribution >= 4 is 97.7 Å². The van der Waals surface area contributed by atoms with Crippen LogP contribution in [0.3, 0.4) is 0 Å². The van der Waals surface area contributed by atoms with Crippen LogP contribution < -0.4 is 0 Å². The Kier molecular flexibility index (Phi) is 6.13. The van der Waals surface area contributed by atoms with Crippen molar-refractivity contribution in [1.29, 1.82) is 0 Å². The molecule has 4 heteroatoms. The van der Waals surface area contributed by atoms with Gasteiger partial charge in [0.2, 0.25) is 0 Å². The molecule has 4 heterocycles. The predicted molar refractivity (Wildman–Crippen MR) is 240 cm³/mol. The Morgan fingerprint density at radius 2 is 0.667 bits per heavy atom. The molecule has 57 heavy (non-hydrogen) atoms. The van der Waals surface area contributed by atoms with E-state index < -0.39 is 0 Å². The van der Waals surface area contributed by atoms with Crippen LogP contribution in [0, 0.1) is 0 Å². The van der Waals surface area contributed by atoms with E-state index in [4.69, 9.17) is 0 Å². The number of para-hydroxylation sites is 3. The van der Waals surface area contributed by atoms with Crippen LogP contribution in [-0.2, 0) is 0 Å². The zero-order chi connectivity index (χ0) is 37.2. The minimum atomic E-state index is 1.10. The molecule has 0 fully saturated rings. The molecule has 0 saturated carbocycles. The summed E-state index contributed by atoms with van der Waals surface area (Å²) in [5, 5.41) is 15.0. The third kappa shape index (κ3) is 4.19. The molecule has 13 aromatic rings. The standard InChI is InChI=1S/C53H32N4/c1-2-12-33(13-3-1)55-50-25-23-35(29-45(50)43-26-27-54-32-53(43)55)57-49-21-11-9-19-42(49)47-30-51-46(31-52(47)57)41-18-8-10-20-48(41)56(51)34-22-24-40-38-16-5-4-14-36(38)37-15-6-7-17-39(37)44(40)28-34/h1-32H. The molecule has 0 N–H and O–H groups in total. The van der Waals surface area contributed by atoms with E-state index in [1.54, 1.807) is 0 Å². The highest BCUT2D eigenvalue weighted by Gasteiger charge is 2.20. The largest absolute Gasteiger partial charge is 0.309 e. The predicted octanol–water partition coefficient (Wildman–Crippen LogP) is 13.8. The Labute approximate surface area is 326 Å². The third-order valence-electron chi connectivity index (χ3n) is 12.3. The third-order valence-corrected chi connectivity index (χ3v) is 12.3. The van der Waals surface area contributed by atoms with Crippen LogP contribution in [-0.4, -0.2) is 18.7 Å². The molecule has 0 aliphatic rings. The average Bonchev–Trinajstić information content (AvgIpc) is 3.91. The van der Waals surface area contributed by atoms with Gasteiger partial charge in [-0.2, -0.15) is 0 Å². The second-order valence-electron chi connectivity index (χ2n) is 15.2. The molecule has 0 radical (unpaired) electrons. The second-order valence-corrected chi connectivity index (χ2v) is 15.2. The summed E-state index contributed by atoms with van der Waals surface area (Å²) in [6.07, 6.45) is 3.88. The lowest BCUT2D eigenvalue weighted by atomic mass is 9.94. The van der Waals surface area contributed by atoms with E-state index >= 15 is 0 Å². The van der Waals surface area contributed by atoms with Gasteiger partial charge in [-0.15, -0.1) is 0 Å². The van der Waals surface area contributed by atoms with Gasteiger partial charge in [0.15, 0.2) is 0 Å². The number of fused-ring (bicyclic) bond motifs is 15. The van der Waals surface area contributed by atoms with Crippen LogP contribution in [0.2, 0.25) is 0 Å². The van der Waals surface area contributed by atoms with Gasteiger partial charge < -0.3 is 13.7 Å². The second kappa shape index (κ2) is 11.4. The summed E-state index contributed by atoms with van der Waals surface area (Å²) >= 11 is 0. The number of nitrogens with zero attached hydrogens (tertiary/aromatic N) is 4. The van der Waals surface area contributed by atoms with Crippen molar-refractivity contribution in [3.8, 4) is 17.1 Å². The van der Waals surface area contributed by atoms with Gasteiger partial charge in [-0.3, -0.25) is 4.98 Å². The number of hydrogen-bond acceptors (Lipinski definition) is 1. The Morgan fingerprint density at radius 1 is 0.246 bits per heavy atom. The number of benzene rings is 9. The van der Waals surface area contributed by atoms with Crippen molar-refractivity contribution in [1.82, 2.24) is 18.7 Å². The maximum atomic E-state index is 4.54. The Bertz CT molecular complexity index is 3770. The number of rotatable bonds is 3. The first-order valence-electron chi connectivity index (χ1n) is 19.5. The molecule has 0 atom stereocenters. The summed E-state index contributed by atoms with van der Waals surface area (Å²) in [7, 11) is 0. The van der Waals surface area contributed by atoms with Crippen LogP contribution in [0.1, 0.15) is 0 Å². The van der Waals surface area contributed by atoms with Gasteiger partial charge in [-0.05, 0) is 105 Å². The van der Waals surface area contributed by atoms with E-state index in [1.165, 1.54) is 86.7 Å². The first kappa shape index (κ1) is 30.6. The van der Waals surface area contributed by atoms with Gasteiger partial charge in [0, 0.05) is 55.6 Å². The molecule has 0 amide bonds. The fourth-order valence-electron chi connectivity index (χ4n) is 9.87. The Morgan fingerprint density at radius 3 is 1.28 bits per heavy atom. The lowest BCUT2D eigenvalue weighted by Crippen LogP contribution is -1.96. The minimum Gasteiger partial charge on any atom is -0.309 e. The quantitative estimate of drug-likeness (QED) is 0.167. The molecule has 0 spiro atoms. The molecule has 0 saturated heterocycles. The summed E-state index contributed by atoms with van der Waals surface area (Å²) < 4.78 is 7.25. The SMILES string of the molecule is c1ccc(-n2c3ccc(-n4c5ccccc5c5cc6c(cc54)c4ccccc4n6-c4ccc5c6ccccc6c6ccccc6c5c4)cc3c3ccncc32)cc1. The van der Waals surface area contributed by atoms with E-state index in [2.05, 4.69) is 201 Å². The summed E-state index contributed by atoms with van der Waals surface area (Å²) in [5.74, 6) is 0. The first-order chi connectivity index (χ1) is 28.3. The van der Waals surface area contributed by atoms with Crippen LogP contribution in [0.4, 0.5) is 0 Å². The molecule has 4 aromatic heterocycles. The van der Waals surface area contributed by atoms with Gasteiger partial charge in [0.1, 0.15) is 0 Å². The van der Waals surface area contributed by atoms with Crippen molar-refractivity contribution in [2.24, 2.45) is 0 Å². The molecule has 0 bridgehead atoms. The highest BCUT2D eigenvalue weighted by atomic mass is 15.0. The molecule has 9 aromatic carbocycles. The van der Waals surface area contributed by atoms with Crippen molar-refractivity contribution in [2.75, 3.05) is 0 Å². The molecule has 264 valence electrons. The van der Waals surface area contributed by atoms with Crippen molar-refractivity contribution in [2.45, 2.75) is 0 Å². The van der Waals surface area contributed by atoms with Crippen LogP contribution >= 0.6 is 0 Å². The number of aromatic nitrogens is 4. The fourth-order valence-corrected chi connectivity index (χ4v) is 9.87. The van der Waals surface area contributed by atoms with Gasteiger partial charge in [0.05, 0.1) is 39.3 Å². The highest BCUT2D eigenvalue weighted by molar-refractivity contribution is 6.26. The fraction of sp³-hybridized carbons (Fsp3) is 0. The Balaban J connectivity index is 1.09. The van der Waals surface area contributed by atoms with Gasteiger partial charge in [0.25, 0.3) is 0 Å². The van der Waals surface area contributed by atoms with E-state index in [9.17, 15) is 0 Å². The first-order valence-corrected chi connectivity index (χ1v) is 19.5. The van der Waals surface area contributed by atoms with Crippen LogP contribution in [0.15, 0.2) is 194 Å². The normalized spacial score (nSPS) is 12.2. The molecule has 13 rings (SSSR count). The van der Waals surface area contributed by atoms with Gasteiger partial charge in [-0.1, -0.05) is 109 Å². The average molecular weight is 725 g/mol. The van der Waals surface area contributed by atoms with E-state index in [0.717, 1.165) is 28.1 Å².